The Morgan fingerprint density at radius 1 is 1.31 bits per heavy atom. The molecule has 2 N–H and O–H groups in total. The summed E-state index contributed by atoms with van der Waals surface area (Å²) in [6, 6.07) is 0. The fourth-order valence-electron chi connectivity index (χ4n) is 0.951. The predicted molar refractivity (Wildman–Crippen MR) is 47.6 cm³/mol. The van der Waals surface area contributed by atoms with Crippen LogP contribution in [-0.2, 0) is 6.54 Å². The molecule has 0 aromatic carbocycles. The van der Waals surface area contributed by atoms with Crippen molar-refractivity contribution in [2.75, 3.05) is 20.1 Å². The van der Waals surface area contributed by atoms with E-state index >= 15 is 0 Å². The molecule has 1 heterocycles. The fraction of sp³-hybridized carbons (Fsp3) is 0.625. The van der Waals surface area contributed by atoms with Crippen LogP contribution < -0.4 is 16.5 Å². The number of hydrogen-bond donors (Lipinski definition) is 2. The molecule has 1 aromatic rings. The molecule has 1 rings (SSSR count). The van der Waals surface area contributed by atoms with Crippen LogP contribution in [0, 0.1) is 6.92 Å². The minimum atomic E-state index is -0.636. The molecule has 1 aromatic heterocycles. The standard InChI is InChI=1S/C8H14N2O3/c1-6-7(13-8(11)12-6)5-10-4-3-9-2/h9-10H,3-5H2,1-2H3. The third-order valence-electron chi connectivity index (χ3n) is 1.67. The van der Waals surface area contributed by atoms with Gasteiger partial charge in [-0.1, -0.05) is 0 Å². The van der Waals surface area contributed by atoms with Crippen molar-refractivity contribution in [1.82, 2.24) is 10.6 Å². The molecule has 0 fully saturated rings. The summed E-state index contributed by atoms with van der Waals surface area (Å²) in [6.45, 7) is 3.94. The van der Waals surface area contributed by atoms with E-state index in [0.29, 0.717) is 18.1 Å². The molecule has 13 heavy (non-hydrogen) atoms. The molecule has 5 nitrogen and oxygen atoms in total. The summed E-state index contributed by atoms with van der Waals surface area (Å²) in [5.74, 6) is 0.478. The Kier molecular flexibility index (Phi) is 3.72. The minimum absolute atomic E-state index is 0.527. The lowest BCUT2D eigenvalue weighted by atomic mass is 10.4. The SMILES string of the molecule is CNCCNCc1oc(=O)oc1C. The van der Waals surface area contributed by atoms with Crippen LogP contribution in [0.3, 0.4) is 0 Å². The molecular weight excluding hydrogens is 172 g/mol. The summed E-state index contributed by atoms with van der Waals surface area (Å²) < 4.78 is 9.48. The van der Waals surface area contributed by atoms with Gasteiger partial charge in [0.05, 0.1) is 6.54 Å². The maximum absolute atomic E-state index is 10.6. The molecule has 0 aliphatic carbocycles. The molecule has 5 heteroatoms. The van der Waals surface area contributed by atoms with Crippen molar-refractivity contribution in [3.8, 4) is 0 Å². The second kappa shape index (κ2) is 4.84. The Bertz CT molecular complexity index is 303. The van der Waals surface area contributed by atoms with Gasteiger partial charge < -0.3 is 19.5 Å². The summed E-state index contributed by atoms with van der Waals surface area (Å²) in [5.41, 5.74) is 0. The Morgan fingerprint density at radius 3 is 2.62 bits per heavy atom. The van der Waals surface area contributed by atoms with Crippen LogP contribution >= 0.6 is 0 Å². The number of nitrogens with one attached hydrogen (secondary N) is 2. The highest BCUT2D eigenvalue weighted by Crippen LogP contribution is 2.03. The van der Waals surface area contributed by atoms with Gasteiger partial charge in [0.15, 0.2) is 5.76 Å². The van der Waals surface area contributed by atoms with E-state index < -0.39 is 5.82 Å². The molecular formula is C8H14N2O3. The van der Waals surface area contributed by atoms with Crippen LogP contribution in [0.4, 0.5) is 0 Å². The number of rotatable bonds is 5. The highest BCUT2D eigenvalue weighted by molar-refractivity contribution is 4.99. The molecule has 0 saturated carbocycles. The van der Waals surface area contributed by atoms with Crippen molar-refractivity contribution in [2.45, 2.75) is 13.5 Å². The van der Waals surface area contributed by atoms with Gasteiger partial charge in [0.1, 0.15) is 5.76 Å². The smallest absolute Gasteiger partial charge is 0.396 e. The van der Waals surface area contributed by atoms with Crippen molar-refractivity contribution in [1.29, 1.82) is 0 Å². The predicted octanol–water partition coefficient (Wildman–Crippen LogP) is -0.150. The van der Waals surface area contributed by atoms with Crippen molar-refractivity contribution >= 4 is 0 Å². The van der Waals surface area contributed by atoms with E-state index in [-0.39, 0.29) is 0 Å². The molecule has 0 radical (unpaired) electrons. The van der Waals surface area contributed by atoms with Crippen LogP contribution in [0.2, 0.25) is 0 Å². The zero-order valence-corrected chi connectivity index (χ0v) is 7.85. The molecule has 0 unspecified atom stereocenters. The monoisotopic (exact) mass is 186 g/mol. The lowest BCUT2D eigenvalue weighted by molar-refractivity contribution is 0.365. The molecule has 0 bridgehead atoms. The van der Waals surface area contributed by atoms with Crippen molar-refractivity contribution < 1.29 is 8.83 Å². The van der Waals surface area contributed by atoms with E-state index in [2.05, 4.69) is 10.6 Å². The zero-order chi connectivity index (χ0) is 9.68. The quantitative estimate of drug-likeness (QED) is 0.626. The van der Waals surface area contributed by atoms with Crippen LogP contribution in [0.25, 0.3) is 0 Å². The summed E-state index contributed by atoms with van der Waals surface area (Å²) >= 11 is 0. The van der Waals surface area contributed by atoms with E-state index in [0.717, 1.165) is 13.1 Å². The maximum atomic E-state index is 10.6. The summed E-state index contributed by atoms with van der Waals surface area (Å²) in [6.07, 6.45) is 0. The molecule has 0 spiro atoms. The largest absolute Gasteiger partial charge is 0.519 e. The number of aryl methyl sites for hydroxylation is 1. The average molecular weight is 186 g/mol. The van der Waals surface area contributed by atoms with Gasteiger partial charge in [-0.3, -0.25) is 0 Å². The van der Waals surface area contributed by atoms with E-state index in [4.69, 9.17) is 8.83 Å². The van der Waals surface area contributed by atoms with Gasteiger partial charge in [-0.15, -0.1) is 0 Å². The third-order valence-corrected chi connectivity index (χ3v) is 1.67. The first-order chi connectivity index (χ1) is 6.24. The lowest BCUT2D eigenvalue weighted by Crippen LogP contribution is -2.24. The Hall–Kier alpha value is -1.07. The summed E-state index contributed by atoms with van der Waals surface area (Å²) in [7, 11) is 1.88. The first kappa shape index (κ1) is 10.0. The lowest BCUT2D eigenvalue weighted by Gasteiger charge is -2.00. The first-order valence-electron chi connectivity index (χ1n) is 4.18. The highest BCUT2D eigenvalue weighted by Gasteiger charge is 2.06. The highest BCUT2D eigenvalue weighted by atomic mass is 16.6. The Labute approximate surface area is 76.1 Å². The van der Waals surface area contributed by atoms with Gasteiger partial charge in [-0.2, -0.15) is 0 Å². The van der Waals surface area contributed by atoms with Gasteiger partial charge in [0, 0.05) is 13.1 Å². The third kappa shape index (κ3) is 3.04. The Morgan fingerprint density at radius 2 is 2.08 bits per heavy atom. The van der Waals surface area contributed by atoms with Crippen LogP contribution in [0.1, 0.15) is 11.5 Å². The van der Waals surface area contributed by atoms with E-state index in [1.807, 2.05) is 7.05 Å². The van der Waals surface area contributed by atoms with Crippen LogP contribution in [0.5, 0.6) is 0 Å². The van der Waals surface area contributed by atoms with Gasteiger partial charge in [0.2, 0.25) is 0 Å². The number of likely N-dealkylation sites (N-methyl/N-ethyl adjacent to an activating group) is 1. The molecule has 0 aliphatic heterocycles. The van der Waals surface area contributed by atoms with Gasteiger partial charge >= 0.3 is 5.82 Å². The maximum Gasteiger partial charge on any atom is 0.519 e. The molecule has 0 atom stereocenters. The van der Waals surface area contributed by atoms with E-state index in [1.165, 1.54) is 0 Å². The second-order valence-electron chi connectivity index (χ2n) is 2.71. The van der Waals surface area contributed by atoms with Gasteiger partial charge in [0.25, 0.3) is 0 Å². The molecule has 0 saturated heterocycles. The van der Waals surface area contributed by atoms with Crippen molar-refractivity contribution in [2.24, 2.45) is 0 Å². The molecule has 0 amide bonds. The summed E-state index contributed by atoms with van der Waals surface area (Å²) in [4.78, 5) is 10.6. The van der Waals surface area contributed by atoms with Gasteiger partial charge in [-0.25, -0.2) is 4.79 Å². The van der Waals surface area contributed by atoms with Crippen molar-refractivity contribution in [3.63, 3.8) is 0 Å². The molecule has 0 aliphatic rings. The topological polar surface area (TPSA) is 67.4 Å². The van der Waals surface area contributed by atoms with Crippen molar-refractivity contribution in [3.05, 3.63) is 22.1 Å². The van der Waals surface area contributed by atoms with Crippen LogP contribution in [0.15, 0.2) is 13.6 Å². The number of hydrogen-bond acceptors (Lipinski definition) is 5. The zero-order valence-electron chi connectivity index (χ0n) is 7.85. The van der Waals surface area contributed by atoms with E-state index in [1.54, 1.807) is 6.92 Å². The average Bonchev–Trinajstić information content (AvgIpc) is 2.39. The Balaban J connectivity index is 2.36. The fourth-order valence-corrected chi connectivity index (χ4v) is 0.951. The second-order valence-corrected chi connectivity index (χ2v) is 2.71. The van der Waals surface area contributed by atoms with Crippen LogP contribution in [-0.4, -0.2) is 20.1 Å². The van der Waals surface area contributed by atoms with Gasteiger partial charge in [-0.05, 0) is 14.0 Å². The first-order valence-corrected chi connectivity index (χ1v) is 4.18. The molecule has 74 valence electrons. The normalized spacial score (nSPS) is 10.6. The minimum Gasteiger partial charge on any atom is -0.396 e. The van der Waals surface area contributed by atoms with E-state index in [9.17, 15) is 4.79 Å². The summed E-state index contributed by atoms with van der Waals surface area (Å²) in [5, 5.41) is 6.10.